The first-order valence-corrected chi connectivity index (χ1v) is 34.8. The largest absolute Gasteiger partial charge is 0.489 e. The standard InChI is InChI=1S/C86H84O18/c1-11-38-84-71-41-59(47-99-65-26-14-53(15-27-65)77(87)93-5)61(49-101-67-30-18-55(19-31-67)79(89)95-7)43-73(71)85(39-12-2)75-45-63(51-103-69-34-22-57(23-35-69)81(91)97-9)64(52-104-70-36-24-58(25-37-70)82(92)98-10)46-76(75)86(40-13-3,83(84,85)4)74-44-62(50-102-68-32-20-56(21-33-68)80(90)96-8)60(42-72(74)84)48-100-66-28-16-54(17-29-66)78(88)94-6/h14-37,41-46H,11-13,38-40,47-52H2,1-10H3. The molecule has 0 radical (unpaired) electrons. The molecular weight excluding hydrogens is 1320 g/mol. The fourth-order valence-electron chi connectivity index (χ4n) is 16.6. The molecule has 3 aliphatic rings. The van der Waals surface area contributed by atoms with Crippen LogP contribution in [-0.2, 0) is 84.3 Å². The number of rotatable bonds is 30. The van der Waals surface area contributed by atoms with Crippen molar-refractivity contribution in [2.45, 2.75) is 122 Å². The molecule has 536 valence electrons. The first kappa shape index (κ1) is 72.4. The number of fused-ring (bicyclic) bond motifs is 9. The van der Waals surface area contributed by atoms with Crippen LogP contribution in [0.4, 0.5) is 0 Å². The van der Waals surface area contributed by atoms with Crippen LogP contribution in [-0.4, -0.2) is 78.5 Å². The average Bonchev–Trinajstić information content (AvgIpc) is 1.43. The maximum atomic E-state index is 12.7. The van der Waals surface area contributed by atoms with E-state index >= 15 is 0 Å². The zero-order valence-electron chi connectivity index (χ0n) is 60.2. The Kier molecular flexibility index (Phi) is 21.3. The van der Waals surface area contributed by atoms with Gasteiger partial charge in [0.05, 0.1) is 76.0 Å². The summed E-state index contributed by atoms with van der Waals surface area (Å²) in [6.07, 6.45) is 4.43. The van der Waals surface area contributed by atoms with Crippen LogP contribution in [0.1, 0.15) is 195 Å². The average molecular weight is 1410 g/mol. The van der Waals surface area contributed by atoms with Crippen molar-refractivity contribution < 1.29 is 85.6 Å². The predicted molar refractivity (Wildman–Crippen MR) is 387 cm³/mol. The van der Waals surface area contributed by atoms with Crippen LogP contribution in [0.15, 0.2) is 182 Å². The van der Waals surface area contributed by atoms with Crippen molar-refractivity contribution in [1.29, 1.82) is 0 Å². The van der Waals surface area contributed by atoms with E-state index in [1.165, 1.54) is 42.7 Å². The minimum atomic E-state index is -0.772. The lowest BCUT2D eigenvalue weighted by molar-refractivity contribution is 0.0539. The van der Waals surface area contributed by atoms with Gasteiger partial charge in [0.25, 0.3) is 0 Å². The number of esters is 6. The molecule has 0 spiro atoms. The fraction of sp³-hybridized carbons (Fsp3) is 0.302. The van der Waals surface area contributed by atoms with Crippen molar-refractivity contribution in [3.8, 4) is 34.5 Å². The number of benzene rings is 9. The molecule has 0 amide bonds. The van der Waals surface area contributed by atoms with E-state index in [0.29, 0.717) is 87.1 Å². The number of hydrogen-bond acceptors (Lipinski definition) is 18. The van der Waals surface area contributed by atoms with Gasteiger partial charge in [-0.3, -0.25) is 0 Å². The van der Waals surface area contributed by atoms with Crippen molar-refractivity contribution in [2.75, 3.05) is 42.7 Å². The molecule has 18 nitrogen and oxygen atoms in total. The van der Waals surface area contributed by atoms with Crippen molar-refractivity contribution >= 4 is 35.8 Å². The Morgan fingerprint density at radius 1 is 0.250 bits per heavy atom. The second-order valence-electron chi connectivity index (χ2n) is 26.4. The zero-order chi connectivity index (χ0) is 73.5. The third-order valence-electron chi connectivity index (χ3n) is 21.2. The Bertz CT molecular complexity index is 3930. The van der Waals surface area contributed by atoms with Gasteiger partial charge < -0.3 is 56.8 Å². The van der Waals surface area contributed by atoms with E-state index in [0.717, 1.165) is 86.0 Å². The van der Waals surface area contributed by atoms with Crippen molar-refractivity contribution in [3.63, 3.8) is 0 Å². The number of methoxy groups -OCH3 is 6. The van der Waals surface area contributed by atoms with Gasteiger partial charge in [-0.25, -0.2) is 28.8 Å². The number of hydrogen-bond donors (Lipinski definition) is 0. The second kappa shape index (κ2) is 30.7. The molecule has 0 atom stereocenters. The predicted octanol–water partition coefficient (Wildman–Crippen LogP) is 16.5. The molecule has 0 N–H and O–H groups in total. The Morgan fingerprint density at radius 2 is 0.394 bits per heavy atom. The highest BCUT2D eigenvalue weighted by molar-refractivity contribution is 5.92. The van der Waals surface area contributed by atoms with Crippen LogP contribution in [0.2, 0.25) is 0 Å². The van der Waals surface area contributed by atoms with Crippen LogP contribution in [0.3, 0.4) is 0 Å². The molecule has 0 fully saturated rings. The van der Waals surface area contributed by atoms with Crippen LogP contribution in [0, 0.1) is 5.41 Å². The summed E-state index contributed by atoms with van der Waals surface area (Å²) in [5.41, 5.74) is 11.4. The van der Waals surface area contributed by atoms with Gasteiger partial charge in [-0.15, -0.1) is 0 Å². The third-order valence-corrected chi connectivity index (χ3v) is 21.2. The lowest BCUT2D eigenvalue weighted by Crippen LogP contribution is -2.54. The molecule has 0 aromatic heterocycles. The summed E-state index contributed by atoms with van der Waals surface area (Å²) in [6, 6.07) is 55.5. The Morgan fingerprint density at radius 3 is 0.519 bits per heavy atom. The van der Waals surface area contributed by atoms with E-state index < -0.39 is 57.5 Å². The van der Waals surface area contributed by atoms with Gasteiger partial charge in [0.2, 0.25) is 0 Å². The quantitative estimate of drug-likeness (QED) is 0.0302. The minimum absolute atomic E-state index is 0.107. The summed E-state index contributed by atoms with van der Waals surface area (Å²) in [5, 5.41) is 0. The van der Waals surface area contributed by atoms with Gasteiger partial charge in [-0.1, -0.05) is 83.4 Å². The van der Waals surface area contributed by atoms with Crippen LogP contribution in [0.25, 0.3) is 0 Å². The summed E-state index contributed by atoms with van der Waals surface area (Å²) in [6.45, 7) is 9.95. The van der Waals surface area contributed by atoms with E-state index in [1.807, 2.05) is 0 Å². The lowest BCUT2D eigenvalue weighted by atomic mass is 9.48. The molecule has 12 rings (SSSR count). The van der Waals surface area contributed by atoms with Crippen LogP contribution < -0.4 is 28.4 Å². The summed E-state index contributed by atoms with van der Waals surface area (Å²) in [5.74, 6) is 0.385. The van der Waals surface area contributed by atoms with Gasteiger partial charge in [-0.2, -0.15) is 0 Å². The van der Waals surface area contributed by atoms with E-state index in [-0.39, 0.29) is 39.6 Å². The molecule has 0 saturated carbocycles. The number of carbonyl (C=O) groups is 6. The van der Waals surface area contributed by atoms with E-state index in [4.69, 9.17) is 56.8 Å². The van der Waals surface area contributed by atoms with E-state index in [9.17, 15) is 28.8 Å². The lowest BCUT2D eigenvalue weighted by Gasteiger charge is -2.53. The van der Waals surface area contributed by atoms with Crippen molar-refractivity contribution in [1.82, 2.24) is 0 Å². The molecule has 9 aromatic carbocycles. The normalized spacial score (nSPS) is 17.6. The zero-order valence-corrected chi connectivity index (χ0v) is 60.2. The molecule has 0 heterocycles. The maximum absolute atomic E-state index is 12.7. The third kappa shape index (κ3) is 12.9. The summed E-state index contributed by atoms with van der Waals surface area (Å²) in [7, 11) is 8.07. The van der Waals surface area contributed by atoms with E-state index in [2.05, 4.69) is 64.1 Å². The van der Waals surface area contributed by atoms with Gasteiger partial charge in [0, 0.05) is 21.7 Å². The molecule has 0 bridgehead atoms. The molecule has 0 unspecified atom stereocenters. The Hall–Kier alpha value is -11.4. The number of carbonyl (C=O) groups excluding carboxylic acids is 6. The van der Waals surface area contributed by atoms with Gasteiger partial charge in [0.1, 0.15) is 74.1 Å². The summed E-state index contributed by atoms with van der Waals surface area (Å²) in [4.78, 5) is 76.1. The topological polar surface area (TPSA) is 213 Å². The highest BCUT2D eigenvalue weighted by Crippen LogP contribution is 2.85. The molecule has 0 saturated heterocycles. The molecule has 3 aliphatic carbocycles. The van der Waals surface area contributed by atoms with Gasteiger partial charge in [0.15, 0.2) is 0 Å². The van der Waals surface area contributed by atoms with Crippen LogP contribution in [0.5, 0.6) is 34.5 Å². The van der Waals surface area contributed by atoms with Crippen molar-refractivity contribution in [3.05, 3.63) is 282 Å². The van der Waals surface area contributed by atoms with E-state index in [1.54, 1.807) is 146 Å². The smallest absolute Gasteiger partial charge is 0.337 e. The second-order valence-corrected chi connectivity index (χ2v) is 26.4. The molecule has 104 heavy (non-hydrogen) atoms. The summed E-state index contributed by atoms with van der Waals surface area (Å²) < 4.78 is 71.2. The fourth-order valence-corrected chi connectivity index (χ4v) is 16.6. The molecule has 9 aromatic rings. The first-order valence-electron chi connectivity index (χ1n) is 34.8. The highest BCUT2D eigenvalue weighted by Gasteiger charge is 2.82. The number of ether oxygens (including phenoxy) is 12. The first-order chi connectivity index (χ1) is 50.4. The monoisotopic (exact) mass is 1400 g/mol. The molecule has 18 heteroatoms. The molecular formula is C86H84O18. The summed E-state index contributed by atoms with van der Waals surface area (Å²) >= 11 is 0. The maximum Gasteiger partial charge on any atom is 0.337 e. The minimum Gasteiger partial charge on any atom is -0.489 e. The molecule has 0 aliphatic heterocycles. The van der Waals surface area contributed by atoms with Crippen molar-refractivity contribution in [2.24, 2.45) is 5.41 Å². The van der Waals surface area contributed by atoms with Gasteiger partial charge in [-0.05, 0) is 232 Å². The van der Waals surface area contributed by atoms with Gasteiger partial charge >= 0.3 is 35.8 Å². The Balaban J connectivity index is 1.13. The highest BCUT2D eigenvalue weighted by atomic mass is 16.5. The Labute approximate surface area is 605 Å². The SMILES string of the molecule is CCCC12c3cc(COc4ccc(C(=O)OC)cc4)c(COc4ccc(C(=O)OC)cc4)cc3C3(CCC)c4cc(COc5ccc(C(=O)OC)cc5)c(COc5ccc(C(=O)OC)cc5)cc4C(CCC)(c4cc(COc5ccc(C(=O)OC)cc5)c(COc5ccc(C(=O)OC)cc5)cc41)C23C. The van der Waals surface area contributed by atoms with Crippen LogP contribution >= 0.6 is 0 Å².